The predicted molar refractivity (Wildman–Crippen MR) is 90.9 cm³/mol. The van der Waals surface area contributed by atoms with Crippen molar-refractivity contribution < 1.29 is 37.0 Å². The molecular weight excluding hydrogens is 384 g/mol. The van der Waals surface area contributed by atoms with Crippen molar-refractivity contribution in [3.05, 3.63) is 0 Å². The molecule has 2 fully saturated rings. The Morgan fingerprint density at radius 3 is 2.67 bits per heavy atom. The molecule has 27 heavy (non-hydrogen) atoms. The van der Waals surface area contributed by atoms with Gasteiger partial charge < -0.3 is 15.0 Å². The summed E-state index contributed by atoms with van der Waals surface area (Å²) in [7, 11) is 0. The van der Waals surface area contributed by atoms with Crippen LogP contribution in [0.4, 0.5) is 9.59 Å². The molecule has 0 aromatic rings. The Morgan fingerprint density at radius 2 is 2.04 bits per heavy atom. The highest BCUT2D eigenvalue weighted by atomic mass is 32.2. The number of piperidine rings is 1. The van der Waals surface area contributed by atoms with Crippen molar-refractivity contribution in [3.8, 4) is 0 Å². The van der Waals surface area contributed by atoms with Crippen LogP contribution in [0.3, 0.4) is 0 Å². The molecule has 1 unspecified atom stereocenters. The monoisotopic (exact) mass is 408 g/mol. The summed E-state index contributed by atoms with van der Waals surface area (Å²) in [4.78, 5) is 42.2. The molecule has 0 radical (unpaired) electrons. The highest BCUT2D eigenvalue weighted by Gasteiger charge is 2.48. The van der Waals surface area contributed by atoms with Crippen LogP contribution in [0, 0.1) is 0 Å². The van der Waals surface area contributed by atoms with Gasteiger partial charge >= 0.3 is 23.5 Å². The van der Waals surface area contributed by atoms with E-state index in [-0.39, 0.29) is 25.7 Å². The predicted octanol–water partition coefficient (Wildman–Crippen LogP) is -0.104. The molecule has 2 heterocycles. The molecule has 2 aliphatic heterocycles. The maximum absolute atomic E-state index is 12.2. The van der Waals surface area contributed by atoms with Gasteiger partial charge in [-0.1, -0.05) is 0 Å². The molecule has 154 valence electrons. The Bertz CT molecular complexity index is 610. The van der Waals surface area contributed by atoms with Crippen LogP contribution in [0.2, 0.25) is 0 Å². The molecular formula is C14H24N4O8S. The molecule has 0 saturated carbocycles. The van der Waals surface area contributed by atoms with Gasteiger partial charge in [-0.2, -0.15) is 9.27 Å². The first-order chi connectivity index (χ1) is 12.6. The summed E-state index contributed by atoms with van der Waals surface area (Å²) >= 11 is -2.62. The van der Waals surface area contributed by atoms with Gasteiger partial charge in [-0.05, 0) is 33.6 Å². The van der Waals surface area contributed by atoms with Crippen LogP contribution in [0.1, 0.15) is 33.6 Å². The van der Waals surface area contributed by atoms with Crippen molar-refractivity contribution in [2.45, 2.75) is 51.3 Å². The normalized spacial score (nSPS) is 23.2. The number of alkyl carbamates (subject to hydrolysis) is 1. The zero-order valence-electron chi connectivity index (χ0n) is 15.3. The van der Waals surface area contributed by atoms with Gasteiger partial charge in [-0.3, -0.25) is 14.2 Å². The maximum atomic E-state index is 12.2. The third-order valence-electron chi connectivity index (χ3n) is 3.81. The standard InChI is InChI=1S/C14H24N4O8S/c1-14(2,3)25-12(20)15-6-7-24-16-11(19)10-5-4-9-8-17(10)13(21)18(9)26-27(22)23/h9-10H,4-8H2,1-3H3,(H,15,20)(H,16,19)(H,22,23)/t9-,10+/m1/s1. The molecule has 2 aliphatic rings. The van der Waals surface area contributed by atoms with Gasteiger partial charge in [0, 0.05) is 13.1 Å². The quantitative estimate of drug-likeness (QED) is 0.300. The fourth-order valence-electron chi connectivity index (χ4n) is 2.78. The molecule has 4 amide bonds. The van der Waals surface area contributed by atoms with Crippen molar-refractivity contribution >= 4 is 29.4 Å². The lowest BCUT2D eigenvalue weighted by molar-refractivity contribution is -0.138. The summed E-state index contributed by atoms with van der Waals surface area (Å²) in [5.41, 5.74) is 1.63. The lowest BCUT2D eigenvalue weighted by Gasteiger charge is -2.28. The van der Waals surface area contributed by atoms with E-state index < -0.39 is 41.0 Å². The summed E-state index contributed by atoms with van der Waals surface area (Å²) < 4.78 is 29.2. The average Bonchev–Trinajstić information content (AvgIpc) is 2.77. The third-order valence-corrected chi connectivity index (χ3v) is 4.10. The lowest BCUT2D eigenvalue weighted by atomic mass is 10.0. The first-order valence-electron chi connectivity index (χ1n) is 8.36. The van der Waals surface area contributed by atoms with Crippen LogP contribution in [0.5, 0.6) is 0 Å². The largest absolute Gasteiger partial charge is 0.444 e. The van der Waals surface area contributed by atoms with Crippen LogP contribution in [0.15, 0.2) is 0 Å². The molecule has 0 aromatic heterocycles. The molecule has 2 saturated heterocycles. The average molecular weight is 408 g/mol. The van der Waals surface area contributed by atoms with E-state index in [1.54, 1.807) is 20.8 Å². The Labute approximate surface area is 158 Å². The van der Waals surface area contributed by atoms with Gasteiger partial charge in [0.05, 0.1) is 12.6 Å². The number of nitrogens with zero attached hydrogens (tertiary/aromatic N) is 2. The summed E-state index contributed by atoms with van der Waals surface area (Å²) in [6.45, 7) is 5.56. The number of hydroxylamine groups is 3. The topological polar surface area (TPSA) is 147 Å². The molecule has 13 heteroatoms. The van der Waals surface area contributed by atoms with E-state index in [1.165, 1.54) is 4.90 Å². The van der Waals surface area contributed by atoms with Crippen LogP contribution in [0.25, 0.3) is 0 Å². The minimum Gasteiger partial charge on any atom is -0.444 e. The SMILES string of the molecule is CC(C)(C)OC(=O)NCCONC(=O)[C@@H]1CC[C@@H]2CN1C(=O)N2OS(=O)O. The number of carbonyl (C=O) groups is 3. The molecule has 3 atom stereocenters. The fraction of sp³-hybridized carbons (Fsp3) is 0.786. The number of urea groups is 1. The van der Waals surface area contributed by atoms with E-state index in [2.05, 4.69) is 15.1 Å². The van der Waals surface area contributed by atoms with Gasteiger partial charge in [0.2, 0.25) is 0 Å². The molecule has 3 N–H and O–H groups in total. The molecule has 0 aromatic carbocycles. The second kappa shape index (κ2) is 8.82. The summed E-state index contributed by atoms with van der Waals surface area (Å²) in [5, 5.41) is 3.30. The highest BCUT2D eigenvalue weighted by Crippen LogP contribution is 2.30. The third kappa shape index (κ3) is 6.02. The van der Waals surface area contributed by atoms with Crippen molar-refractivity contribution in [2.24, 2.45) is 0 Å². The molecule has 2 rings (SSSR count). The van der Waals surface area contributed by atoms with E-state index in [4.69, 9.17) is 14.1 Å². The minimum absolute atomic E-state index is 0.00695. The van der Waals surface area contributed by atoms with E-state index in [0.29, 0.717) is 12.8 Å². The first-order valence-corrected chi connectivity index (χ1v) is 9.39. The molecule has 0 aliphatic carbocycles. The van der Waals surface area contributed by atoms with Crippen molar-refractivity contribution in [3.63, 3.8) is 0 Å². The zero-order valence-corrected chi connectivity index (χ0v) is 16.1. The Hall–Kier alpha value is -1.96. The number of hydrogen-bond acceptors (Lipinski definition) is 7. The van der Waals surface area contributed by atoms with Gasteiger partial charge in [0.25, 0.3) is 5.91 Å². The lowest BCUT2D eigenvalue weighted by Crippen LogP contribution is -2.50. The van der Waals surface area contributed by atoms with E-state index in [0.717, 1.165) is 5.06 Å². The Kier molecular flexibility index (Phi) is 6.97. The number of amides is 4. The zero-order chi connectivity index (χ0) is 20.2. The highest BCUT2D eigenvalue weighted by molar-refractivity contribution is 7.74. The molecule has 0 spiro atoms. The number of fused-ring (bicyclic) bond motifs is 2. The molecule has 2 bridgehead atoms. The second-order valence-electron chi connectivity index (χ2n) is 7.04. The number of rotatable bonds is 7. The van der Waals surface area contributed by atoms with Gasteiger partial charge in [0.15, 0.2) is 0 Å². The minimum atomic E-state index is -2.62. The Morgan fingerprint density at radius 1 is 1.33 bits per heavy atom. The van der Waals surface area contributed by atoms with Crippen molar-refractivity contribution in [2.75, 3.05) is 19.7 Å². The summed E-state index contributed by atoms with van der Waals surface area (Å²) in [5.74, 6) is -0.522. The first kappa shape index (κ1) is 21.3. The number of ether oxygens (including phenoxy) is 1. The number of carbonyl (C=O) groups excluding carboxylic acids is 3. The van der Waals surface area contributed by atoms with Crippen molar-refractivity contribution in [1.82, 2.24) is 20.8 Å². The smallest absolute Gasteiger partial charge is 0.407 e. The van der Waals surface area contributed by atoms with Crippen LogP contribution < -0.4 is 10.8 Å². The van der Waals surface area contributed by atoms with Crippen LogP contribution >= 0.6 is 0 Å². The van der Waals surface area contributed by atoms with E-state index in [9.17, 15) is 18.6 Å². The van der Waals surface area contributed by atoms with Crippen molar-refractivity contribution in [1.29, 1.82) is 0 Å². The number of hydrogen-bond donors (Lipinski definition) is 3. The van der Waals surface area contributed by atoms with Crippen LogP contribution in [-0.2, 0) is 30.0 Å². The van der Waals surface area contributed by atoms with E-state index in [1.807, 2.05) is 0 Å². The van der Waals surface area contributed by atoms with Crippen LogP contribution in [-0.4, -0.2) is 74.1 Å². The number of nitrogens with one attached hydrogen (secondary N) is 2. The maximum Gasteiger partial charge on any atom is 0.407 e. The Balaban J connectivity index is 1.72. The summed E-state index contributed by atoms with van der Waals surface area (Å²) in [6, 6.07) is -1.79. The van der Waals surface area contributed by atoms with Gasteiger partial charge in [-0.25, -0.2) is 15.1 Å². The van der Waals surface area contributed by atoms with Gasteiger partial charge in [-0.15, -0.1) is 4.28 Å². The molecule has 12 nitrogen and oxygen atoms in total. The van der Waals surface area contributed by atoms with E-state index >= 15 is 0 Å². The van der Waals surface area contributed by atoms with Gasteiger partial charge in [0.1, 0.15) is 11.6 Å². The summed E-state index contributed by atoms with van der Waals surface area (Å²) in [6.07, 6.45) is 0.206. The fourth-order valence-corrected chi connectivity index (χ4v) is 3.10. The second-order valence-corrected chi connectivity index (χ2v) is 7.63.